The molecule has 1 saturated heterocycles. The van der Waals surface area contributed by atoms with Crippen molar-refractivity contribution in [1.82, 2.24) is 4.90 Å². The molecule has 0 radical (unpaired) electrons. The van der Waals surface area contributed by atoms with Crippen LogP contribution in [0.25, 0.3) is 0 Å². The molecule has 0 unspecified atom stereocenters. The van der Waals surface area contributed by atoms with Crippen LogP contribution in [0.3, 0.4) is 0 Å². The van der Waals surface area contributed by atoms with E-state index < -0.39 is 0 Å². The normalized spacial score (nSPS) is 17.8. The Morgan fingerprint density at radius 3 is 2.50 bits per heavy atom. The number of nitrogens with zero attached hydrogens (tertiary/aromatic N) is 1. The van der Waals surface area contributed by atoms with Gasteiger partial charge < -0.3 is 4.74 Å². The van der Waals surface area contributed by atoms with Crippen LogP contribution in [0, 0.1) is 12.3 Å². The fraction of sp³-hybridized carbons (Fsp3) is 0.500. The van der Waals surface area contributed by atoms with Crippen molar-refractivity contribution >= 4 is 11.8 Å². The molecule has 4 nitrogen and oxygen atoms in total. The summed E-state index contributed by atoms with van der Waals surface area (Å²) >= 11 is 0. The molecular weight excluding hydrogens is 158 g/mol. The molecule has 0 N–H and O–H groups in total. The highest BCUT2D eigenvalue weighted by molar-refractivity contribution is 5.98. The Bertz CT molecular complexity index is 225. The van der Waals surface area contributed by atoms with Crippen LogP contribution in [-0.4, -0.2) is 36.5 Å². The highest BCUT2D eigenvalue weighted by atomic mass is 16.5. The van der Waals surface area contributed by atoms with Gasteiger partial charge in [-0.25, -0.2) is 0 Å². The van der Waals surface area contributed by atoms with Crippen LogP contribution in [0.2, 0.25) is 0 Å². The van der Waals surface area contributed by atoms with Gasteiger partial charge in [-0.15, -0.1) is 12.3 Å². The standard InChI is InChI=1S/C8H9NO3/c1-2-3-4-9-7(10)5-12-6-8(9)11/h1H,3-6H2. The lowest BCUT2D eigenvalue weighted by atomic mass is 10.3. The first-order chi connectivity index (χ1) is 5.75. The topological polar surface area (TPSA) is 46.6 Å². The minimum Gasteiger partial charge on any atom is -0.362 e. The molecule has 1 heterocycles. The molecule has 0 aromatic heterocycles. The summed E-state index contributed by atoms with van der Waals surface area (Å²) in [5.74, 6) is 1.76. The quantitative estimate of drug-likeness (QED) is 0.407. The molecule has 1 fully saturated rings. The molecule has 0 aromatic rings. The summed E-state index contributed by atoms with van der Waals surface area (Å²) in [6.45, 7) is 0.268. The SMILES string of the molecule is C#CCCN1C(=O)COCC1=O. The number of morpholine rings is 1. The summed E-state index contributed by atoms with van der Waals surface area (Å²) < 4.78 is 4.71. The Morgan fingerprint density at radius 2 is 2.00 bits per heavy atom. The van der Waals surface area contributed by atoms with Gasteiger partial charge in [0.15, 0.2) is 0 Å². The van der Waals surface area contributed by atoms with Crippen molar-refractivity contribution in [3.63, 3.8) is 0 Å². The second-order valence-corrected chi connectivity index (χ2v) is 2.39. The van der Waals surface area contributed by atoms with Crippen molar-refractivity contribution in [3.05, 3.63) is 0 Å². The smallest absolute Gasteiger partial charge is 0.255 e. The largest absolute Gasteiger partial charge is 0.362 e. The van der Waals surface area contributed by atoms with Crippen LogP contribution in [0.5, 0.6) is 0 Å². The van der Waals surface area contributed by atoms with Gasteiger partial charge in [-0.05, 0) is 0 Å². The lowest BCUT2D eigenvalue weighted by Gasteiger charge is -2.23. The van der Waals surface area contributed by atoms with Gasteiger partial charge in [0.2, 0.25) is 0 Å². The van der Waals surface area contributed by atoms with Crippen molar-refractivity contribution < 1.29 is 14.3 Å². The number of imide groups is 1. The highest BCUT2D eigenvalue weighted by Gasteiger charge is 2.25. The third kappa shape index (κ3) is 1.83. The summed E-state index contributed by atoms with van der Waals surface area (Å²) in [6.07, 6.45) is 5.41. The zero-order valence-corrected chi connectivity index (χ0v) is 6.58. The first-order valence-electron chi connectivity index (χ1n) is 3.60. The zero-order valence-electron chi connectivity index (χ0n) is 6.58. The van der Waals surface area contributed by atoms with E-state index in [-0.39, 0.29) is 25.0 Å². The van der Waals surface area contributed by atoms with Gasteiger partial charge in [0.05, 0.1) is 0 Å². The first kappa shape index (κ1) is 8.75. The van der Waals surface area contributed by atoms with Gasteiger partial charge in [-0.3, -0.25) is 14.5 Å². The minimum absolute atomic E-state index is 0.0175. The number of carbonyl (C=O) groups excluding carboxylic acids is 2. The van der Waals surface area contributed by atoms with Crippen LogP contribution in [-0.2, 0) is 14.3 Å². The van der Waals surface area contributed by atoms with Crippen molar-refractivity contribution in [2.24, 2.45) is 0 Å². The minimum atomic E-state index is -0.304. The molecule has 4 heteroatoms. The van der Waals surface area contributed by atoms with Crippen LogP contribution in [0.1, 0.15) is 6.42 Å². The van der Waals surface area contributed by atoms with Crippen molar-refractivity contribution in [3.8, 4) is 12.3 Å². The monoisotopic (exact) mass is 167 g/mol. The van der Waals surface area contributed by atoms with Crippen LogP contribution < -0.4 is 0 Å². The summed E-state index contributed by atoms with van der Waals surface area (Å²) in [6, 6.07) is 0. The average molecular weight is 167 g/mol. The second kappa shape index (κ2) is 3.88. The van der Waals surface area contributed by atoms with E-state index in [0.29, 0.717) is 13.0 Å². The number of terminal acetylenes is 1. The lowest BCUT2D eigenvalue weighted by Crippen LogP contribution is -2.46. The maximum Gasteiger partial charge on any atom is 0.255 e. The summed E-state index contributed by atoms with van der Waals surface area (Å²) in [7, 11) is 0. The molecule has 12 heavy (non-hydrogen) atoms. The van der Waals surface area contributed by atoms with Gasteiger partial charge in [-0.1, -0.05) is 0 Å². The van der Waals surface area contributed by atoms with Crippen LogP contribution in [0.15, 0.2) is 0 Å². The lowest BCUT2D eigenvalue weighted by molar-refractivity contribution is -0.158. The Morgan fingerprint density at radius 1 is 1.42 bits per heavy atom. The number of amides is 2. The fourth-order valence-corrected chi connectivity index (χ4v) is 0.946. The average Bonchev–Trinajstić information content (AvgIpc) is 2.04. The molecular formula is C8H9NO3. The highest BCUT2D eigenvalue weighted by Crippen LogP contribution is 2.00. The maximum atomic E-state index is 11.0. The van der Waals surface area contributed by atoms with Crippen molar-refractivity contribution in [2.75, 3.05) is 19.8 Å². The van der Waals surface area contributed by atoms with Crippen molar-refractivity contribution in [1.29, 1.82) is 0 Å². The van der Waals surface area contributed by atoms with Crippen molar-refractivity contribution in [2.45, 2.75) is 6.42 Å². The number of hydrogen-bond acceptors (Lipinski definition) is 3. The number of rotatable bonds is 2. The first-order valence-corrected chi connectivity index (χ1v) is 3.60. The predicted molar refractivity (Wildman–Crippen MR) is 41.0 cm³/mol. The maximum absolute atomic E-state index is 11.0. The van der Waals surface area contributed by atoms with Gasteiger partial charge in [0.1, 0.15) is 13.2 Å². The van der Waals surface area contributed by atoms with Gasteiger partial charge in [0.25, 0.3) is 11.8 Å². The van der Waals surface area contributed by atoms with Crippen LogP contribution >= 0.6 is 0 Å². The van der Waals surface area contributed by atoms with E-state index in [1.165, 1.54) is 0 Å². The van der Waals surface area contributed by atoms with Gasteiger partial charge in [0, 0.05) is 13.0 Å². The molecule has 0 atom stereocenters. The van der Waals surface area contributed by atoms with E-state index in [4.69, 9.17) is 11.2 Å². The summed E-state index contributed by atoms with van der Waals surface area (Å²) in [4.78, 5) is 23.2. The molecule has 0 aliphatic carbocycles. The number of carbonyl (C=O) groups is 2. The predicted octanol–water partition coefficient (Wildman–Crippen LogP) is -0.605. The molecule has 0 saturated carbocycles. The van der Waals surface area contributed by atoms with E-state index in [9.17, 15) is 9.59 Å². The third-order valence-electron chi connectivity index (χ3n) is 1.53. The molecule has 0 aromatic carbocycles. The summed E-state index contributed by atoms with van der Waals surface area (Å²) in [5.41, 5.74) is 0. The third-order valence-corrected chi connectivity index (χ3v) is 1.53. The molecule has 1 aliphatic rings. The second-order valence-electron chi connectivity index (χ2n) is 2.39. The molecule has 1 rings (SSSR count). The van der Waals surface area contributed by atoms with E-state index >= 15 is 0 Å². The molecule has 0 bridgehead atoms. The molecule has 1 aliphatic heterocycles. The van der Waals surface area contributed by atoms with Gasteiger partial charge in [-0.2, -0.15) is 0 Å². The van der Waals surface area contributed by atoms with E-state index in [0.717, 1.165) is 4.90 Å². The Hall–Kier alpha value is -1.34. The summed E-state index contributed by atoms with van der Waals surface area (Å²) in [5, 5.41) is 0. The zero-order chi connectivity index (χ0) is 8.97. The van der Waals surface area contributed by atoms with E-state index in [1.54, 1.807) is 0 Å². The number of hydrogen-bond donors (Lipinski definition) is 0. The Labute approximate surface area is 70.5 Å². The molecule has 64 valence electrons. The van der Waals surface area contributed by atoms with Crippen LogP contribution in [0.4, 0.5) is 0 Å². The fourth-order valence-electron chi connectivity index (χ4n) is 0.946. The van der Waals surface area contributed by atoms with E-state index in [1.807, 2.05) is 0 Å². The Kier molecular flexibility index (Phi) is 2.83. The van der Waals surface area contributed by atoms with E-state index in [2.05, 4.69) is 5.92 Å². The molecule has 0 spiro atoms. The molecule has 2 amide bonds. The van der Waals surface area contributed by atoms with Gasteiger partial charge >= 0.3 is 0 Å². The Balaban J connectivity index is 2.52. The number of ether oxygens (including phenoxy) is 1.